The number of fused-ring (bicyclic) bond motifs is 2. The predicted octanol–water partition coefficient (Wildman–Crippen LogP) is 1.92. The highest BCUT2D eigenvalue weighted by Crippen LogP contribution is 2.27. The lowest BCUT2D eigenvalue weighted by Crippen LogP contribution is -2.46. The van der Waals surface area contributed by atoms with Gasteiger partial charge in [-0.1, -0.05) is 12.5 Å². The van der Waals surface area contributed by atoms with Gasteiger partial charge in [-0.25, -0.2) is 0 Å². The number of piperidine rings is 1. The molecule has 0 spiro atoms. The number of carbonyl (C=O) groups is 1. The second-order valence-electron chi connectivity index (χ2n) is 6.14. The van der Waals surface area contributed by atoms with Crippen molar-refractivity contribution in [3.05, 3.63) is 30.0 Å². The Morgan fingerprint density at radius 2 is 2.24 bits per heavy atom. The van der Waals surface area contributed by atoms with Gasteiger partial charge in [-0.3, -0.25) is 14.8 Å². The Kier molecular flexibility index (Phi) is 3.15. The zero-order valence-corrected chi connectivity index (χ0v) is 12.0. The van der Waals surface area contributed by atoms with Crippen molar-refractivity contribution in [3.63, 3.8) is 0 Å². The summed E-state index contributed by atoms with van der Waals surface area (Å²) in [6, 6.07) is 6.54. The van der Waals surface area contributed by atoms with Crippen molar-refractivity contribution in [1.82, 2.24) is 20.4 Å². The standard InChI is InChI=1S/C16H20N4O/c21-16(11-4-5-12-10-17-19-14(12)9-11)18-13-6-8-20-7-2-1-3-15(13)20/h4-5,9-10,13,15H,1-3,6-8H2,(H,17,19)(H,18,21). The number of aromatic nitrogens is 2. The Bertz CT molecular complexity index is 665. The summed E-state index contributed by atoms with van der Waals surface area (Å²) in [6.45, 7) is 2.31. The Morgan fingerprint density at radius 1 is 1.29 bits per heavy atom. The summed E-state index contributed by atoms with van der Waals surface area (Å²) in [5, 5.41) is 11.2. The molecule has 0 radical (unpaired) electrons. The van der Waals surface area contributed by atoms with Crippen LogP contribution in [0.1, 0.15) is 36.0 Å². The highest BCUT2D eigenvalue weighted by molar-refractivity contribution is 5.97. The zero-order chi connectivity index (χ0) is 14.2. The number of nitrogens with zero attached hydrogens (tertiary/aromatic N) is 2. The monoisotopic (exact) mass is 284 g/mol. The van der Waals surface area contributed by atoms with Gasteiger partial charge in [0.25, 0.3) is 5.91 Å². The van der Waals surface area contributed by atoms with Gasteiger partial charge in [0.05, 0.1) is 11.7 Å². The number of amides is 1. The summed E-state index contributed by atoms with van der Waals surface area (Å²) in [5.74, 6) is 0.0314. The largest absolute Gasteiger partial charge is 0.348 e. The molecular weight excluding hydrogens is 264 g/mol. The summed E-state index contributed by atoms with van der Waals surface area (Å²) in [7, 11) is 0. The van der Waals surface area contributed by atoms with Gasteiger partial charge >= 0.3 is 0 Å². The second kappa shape index (κ2) is 5.15. The molecule has 21 heavy (non-hydrogen) atoms. The minimum Gasteiger partial charge on any atom is -0.348 e. The minimum absolute atomic E-state index is 0.0314. The van der Waals surface area contributed by atoms with Crippen molar-refractivity contribution in [2.45, 2.75) is 37.8 Å². The van der Waals surface area contributed by atoms with E-state index in [-0.39, 0.29) is 5.91 Å². The van der Waals surface area contributed by atoms with Gasteiger partial charge in [0.15, 0.2) is 0 Å². The predicted molar refractivity (Wildman–Crippen MR) is 81.2 cm³/mol. The van der Waals surface area contributed by atoms with Crippen molar-refractivity contribution in [3.8, 4) is 0 Å². The van der Waals surface area contributed by atoms with Crippen LogP contribution in [0.4, 0.5) is 0 Å². The molecule has 0 aliphatic carbocycles. The maximum Gasteiger partial charge on any atom is 0.251 e. The van der Waals surface area contributed by atoms with Gasteiger partial charge < -0.3 is 5.32 Å². The molecule has 2 aromatic rings. The molecule has 3 heterocycles. The zero-order valence-electron chi connectivity index (χ0n) is 12.0. The number of benzene rings is 1. The molecule has 2 fully saturated rings. The van der Waals surface area contributed by atoms with Crippen LogP contribution in [0.15, 0.2) is 24.4 Å². The molecule has 2 unspecified atom stereocenters. The van der Waals surface area contributed by atoms with E-state index < -0.39 is 0 Å². The number of nitrogens with one attached hydrogen (secondary N) is 2. The second-order valence-corrected chi connectivity index (χ2v) is 6.14. The summed E-state index contributed by atoms with van der Waals surface area (Å²) in [6.07, 6.45) is 6.64. The first-order valence-corrected chi connectivity index (χ1v) is 7.79. The number of carbonyl (C=O) groups excluding carboxylic acids is 1. The summed E-state index contributed by atoms with van der Waals surface area (Å²) in [5.41, 5.74) is 1.62. The van der Waals surface area contributed by atoms with Gasteiger partial charge in [0, 0.05) is 29.6 Å². The molecule has 5 heteroatoms. The third-order valence-electron chi connectivity index (χ3n) is 4.88. The van der Waals surface area contributed by atoms with Crippen LogP contribution in [-0.2, 0) is 0 Å². The van der Waals surface area contributed by atoms with E-state index in [0.717, 1.165) is 23.9 Å². The molecule has 2 saturated heterocycles. The lowest BCUT2D eigenvalue weighted by atomic mass is 9.98. The fourth-order valence-electron chi connectivity index (χ4n) is 3.75. The van der Waals surface area contributed by atoms with Crippen LogP contribution in [0.5, 0.6) is 0 Å². The third kappa shape index (κ3) is 2.31. The van der Waals surface area contributed by atoms with Gasteiger partial charge in [-0.05, 0) is 37.9 Å². The summed E-state index contributed by atoms with van der Waals surface area (Å²) in [4.78, 5) is 15.0. The van der Waals surface area contributed by atoms with Gasteiger partial charge in [0.1, 0.15) is 0 Å². The van der Waals surface area contributed by atoms with Crippen LogP contribution >= 0.6 is 0 Å². The summed E-state index contributed by atoms with van der Waals surface area (Å²) < 4.78 is 0. The van der Waals surface area contributed by atoms with E-state index in [0.29, 0.717) is 17.6 Å². The van der Waals surface area contributed by atoms with Gasteiger partial charge in [-0.15, -0.1) is 0 Å². The van der Waals surface area contributed by atoms with Crippen LogP contribution in [0.3, 0.4) is 0 Å². The SMILES string of the molecule is O=C(NC1CCN2CCCCC12)c1ccc2cn[nH]c2c1. The quantitative estimate of drug-likeness (QED) is 0.885. The highest BCUT2D eigenvalue weighted by atomic mass is 16.1. The van der Waals surface area contributed by atoms with Gasteiger partial charge in [0.2, 0.25) is 0 Å². The molecule has 0 bridgehead atoms. The van der Waals surface area contributed by atoms with Gasteiger partial charge in [-0.2, -0.15) is 5.10 Å². The molecule has 1 aromatic carbocycles. The molecule has 2 aliphatic heterocycles. The topological polar surface area (TPSA) is 61.0 Å². The number of hydrogen-bond donors (Lipinski definition) is 2. The highest BCUT2D eigenvalue weighted by Gasteiger charge is 2.36. The van der Waals surface area contributed by atoms with Crippen molar-refractivity contribution in [2.75, 3.05) is 13.1 Å². The van der Waals surface area contributed by atoms with E-state index in [1.807, 2.05) is 18.2 Å². The maximum atomic E-state index is 12.5. The van der Waals surface area contributed by atoms with Crippen LogP contribution < -0.4 is 5.32 Å². The average Bonchev–Trinajstić information content (AvgIpc) is 3.13. The van der Waals surface area contributed by atoms with Crippen molar-refractivity contribution in [1.29, 1.82) is 0 Å². The minimum atomic E-state index is 0.0314. The molecule has 4 rings (SSSR count). The first-order chi connectivity index (χ1) is 10.3. The van der Waals surface area contributed by atoms with E-state index in [9.17, 15) is 4.79 Å². The number of H-pyrrole nitrogens is 1. The first-order valence-electron chi connectivity index (χ1n) is 7.79. The number of hydrogen-bond acceptors (Lipinski definition) is 3. The Balaban J connectivity index is 1.50. The molecular formula is C16H20N4O. The Morgan fingerprint density at radius 3 is 3.19 bits per heavy atom. The Labute approximate surface area is 123 Å². The average molecular weight is 284 g/mol. The lowest BCUT2D eigenvalue weighted by Gasteiger charge is -2.32. The van der Waals surface area contributed by atoms with E-state index in [1.165, 1.54) is 25.8 Å². The number of rotatable bonds is 2. The van der Waals surface area contributed by atoms with E-state index in [1.54, 1.807) is 6.20 Å². The lowest BCUT2D eigenvalue weighted by molar-refractivity contribution is 0.0915. The molecule has 1 aromatic heterocycles. The Hall–Kier alpha value is -1.88. The van der Waals surface area contributed by atoms with Crippen molar-refractivity contribution >= 4 is 16.8 Å². The molecule has 110 valence electrons. The summed E-state index contributed by atoms with van der Waals surface area (Å²) >= 11 is 0. The smallest absolute Gasteiger partial charge is 0.251 e. The molecule has 1 amide bonds. The van der Waals surface area contributed by atoms with E-state index >= 15 is 0 Å². The fourth-order valence-corrected chi connectivity index (χ4v) is 3.75. The molecule has 5 nitrogen and oxygen atoms in total. The van der Waals surface area contributed by atoms with Crippen molar-refractivity contribution < 1.29 is 4.79 Å². The molecule has 2 aliphatic rings. The molecule has 0 saturated carbocycles. The maximum absolute atomic E-state index is 12.5. The first kappa shape index (κ1) is 12.8. The van der Waals surface area contributed by atoms with E-state index in [4.69, 9.17) is 0 Å². The van der Waals surface area contributed by atoms with E-state index in [2.05, 4.69) is 20.4 Å². The van der Waals surface area contributed by atoms with Crippen LogP contribution in [0.25, 0.3) is 10.9 Å². The van der Waals surface area contributed by atoms with Crippen LogP contribution in [0.2, 0.25) is 0 Å². The fraction of sp³-hybridized carbons (Fsp3) is 0.500. The number of aromatic amines is 1. The molecule has 2 atom stereocenters. The third-order valence-corrected chi connectivity index (χ3v) is 4.88. The van der Waals surface area contributed by atoms with Crippen LogP contribution in [-0.4, -0.2) is 46.2 Å². The normalized spacial score (nSPS) is 25.9. The molecule has 2 N–H and O–H groups in total. The van der Waals surface area contributed by atoms with Crippen molar-refractivity contribution in [2.24, 2.45) is 0 Å². The van der Waals surface area contributed by atoms with Crippen LogP contribution in [0, 0.1) is 0 Å².